The first kappa shape index (κ1) is 15.9. The summed E-state index contributed by atoms with van der Waals surface area (Å²) in [6.45, 7) is -0.179. The number of rotatable bonds is 6. The van der Waals surface area contributed by atoms with Crippen LogP contribution in [0.4, 0.5) is 0 Å². The highest BCUT2D eigenvalue weighted by Crippen LogP contribution is 2.25. The van der Waals surface area contributed by atoms with Gasteiger partial charge >= 0.3 is 0 Å². The Balaban J connectivity index is 1.52. The van der Waals surface area contributed by atoms with Gasteiger partial charge in [-0.05, 0) is 41.3 Å². The number of ether oxygens (including phenoxy) is 2. The molecule has 1 N–H and O–H groups in total. The third-order valence-electron chi connectivity index (χ3n) is 3.08. The molecule has 24 heavy (non-hydrogen) atoms. The minimum atomic E-state index is -0.373. The molecule has 0 bridgehead atoms. The van der Waals surface area contributed by atoms with E-state index in [4.69, 9.17) is 9.47 Å². The summed E-state index contributed by atoms with van der Waals surface area (Å²) >= 11 is 1.49. The first-order valence-corrected chi connectivity index (χ1v) is 7.91. The van der Waals surface area contributed by atoms with E-state index in [2.05, 4.69) is 20.5 Å². The van der Waals surface area contributed by atoms with E-state index in [1.54, 1.807) is 13.3 Å². The van der Waals surface area contributed by atoms with Crippen LogP contribution in [0, 0.1) is 0 Å². The van der Waals surface area contributed by atoms with E-state index in [9.17, 15) is 4.79 Å². The van der Waals surface area contributed by atoms with Gasteiger partial charge in [-0.15, -0.1) is 11.3 Å². The summed E-state index contributed by atoms with van der Waals surface area (Å²) in [6.07, 6.45) is 2.95. The molecular formula is C16H14N4O3S. The fourth-order valence-corrected chi connectivity index (χ4v) is 2.64. The van der Waals surface area contributed by atoms with Crippen molar-refractivity contribution in [2.24, 2.45) is 5.10 Å². The van der Waals surface area contributed by atoms with Crippen molar-refractivity contribution in [3.63, 3.8) is 0 Å². The molecule has 0 aliphatic carbocycles. The second-order valence-corrected chi connectivity index (χ2v) is 5.57. The number of nitrogens with zero attached hydrogens (tertiary/aromatic N) is 3. The van der Waals surface area contributed by atoms with Gasteiger partial charge in [-0.3, -0.25) is 4.79 Å². The predicted octanol–water partition coefficient (Wildman–Crippen LogP) is 2.23. The lowest BCUT2D eigenvalue weighted by molar-refractivity contribution is -0.123. The number of carbonyl (C=O) groups excluding carboxylic acids is 1. The molecular weight excluding hydrogens is 328 g/mol. The van der Waals surface area contributed by atoms with Crippen LogP contribution in [0.5, 0.6) is 11.6 Å². The van der Waals surface area contributed by atoms with Gasteiger partial charge in [-0.1, -0.05) is 0 Å². The number of carbonyl (C=O) groups is 1. The molecule has 3 aromatic rings. The van der Waals surface area contributed by atoms with Gasteiger partial charge in [0.1, 0.15) is 16.9 Å². The largest absolute Gasteiger partial charge is 0.497 e. The second kappa shape index (κ2) is 7.51. The van der Waals surface area contributed by atoms with Gasteiger partial charge in [0.25, 0.3) is 5.91 Å². The highest BCUT2D eigenvalue weighted by Gasteiger charge is 2.08. The first-order valence-electron chi connectivity index (χ1n) is 7.03. The monoisotopic (exact) mass is 342 g/mol. The van der Waals surface area contributed by atoms with Crippen LogP contribution in [0.2, 0.25) is 0 Å². The van der Waals surface area contributed by atoms with Crippen LogP contribution in [0.3, 0.4) is 0 Å². The molecule has 0 saturated carbocycles. The van der Waals surface area contributed by atoms with Crippen molar-refractivity contribution in [1.29, 1.82) is 0 Å². The molecule has 122 valence electrons. The van der Waals surface area contributed by atoms with Gasteiger partial charge in [0.15, 0.2) is 6.61 Å². The Labute approximate surface area is 142 Å². The van der Waals surface area contributed by atoms with Gasteiger partial charge in [-0.2, -0.15) is 5.10 Å². The molecule has 1 amide bonds. The van der Waals surface area contributed by atoms with E-state index in [1.165, 1.54) is 17.7 Å². The van der Waals surface area contributed by atoms with Crippen molar-refractivity contribution >= 4 is 33.7 Å². The Morgan fingerprint density at radius 3 is 2.92 bits per heavy atom. The smallest absolute Gasteiger partial charge is 0.278 e. The number of amides is 1. The number of thiophene rings is 1. The molecule has 0 saturated heterocycles. The third-order valence-corrected chi connectivity index (χ3v) is 3.90. The highest BCUT2D eigenvalue weighted by atomic mass is 32.1. The molecule has 1 aromatic carbocycles. The topological polar surface area (TPSA) is 85.7 Å². The van der Waals surface area contributed by atoms with Crippen LogP contribution in [0.1, 0.15) is 5.56 Å². The molecule has 0 spiro atoms. The van der Waals surface area contributed by atoms with Crippen molar-refractivity contribution in [1.82, 2.24) is 15.4 Å². The Bertz CT molecular complexity index is 861. The zero-order valence-corrected chi connectivity index (χ0v) is 13.6. The minimum absolute atomic E-state index is 0.179. The van der Waals surface area contributed by atoms with E-state index in [1.807, 2.05) is 35.7 Å². The van der Waals surface area contributed by atoms with Crippen molar-refractivity contribution in [3.05, 3.63) is 47.6 Å². The van der Waals surface area contributed by atoms with Crippen molar-refractivity contribution < 1.29 is 14.3 Å². The number of hydrogen-bond donors (Lipinski definition) is 1. The highest BCUT2D eigenvalue weighted by molar-refractivity contribution is 7.16. The fourth-order valence-electron chi connectivity index (χ4n) is 1.92. The van der Waals surface area contributed by atoms with Crippen LogP contribution in [0.15, 0.2) is 47.1 Å². The van der Waals surface area contributed by atoms with E-state index >= 15 is 0 Å². The number of fused-ring (bicyclic) bond motifs is 1. The van der Waals surface area contributed by atoms with Crippen LogP contribution in [-0.4, -0.2) is 35.8 Å². The molecule has 7 nitrogen and oxygen atoms in total. The summed E-state index contributed by atoms with van der Waals surface area (Å²) in [6, 6.07) is 9.15. The molecule has 8 heteroatoms. The zero-order valence-electron chi connectivity index (χ0n) is 12.8. The SMILES string of the molecule is COc1ccc(/C=N/NC(=O)COc2ncnc3sccc23)cc1. The Kier molecular flexibility index (Phi) is 4.97. The van der Waals surface area contributed by atoms with Gasteiger partial charge < -0.3 is 9.47 Å². The Morgan fingerprint density at radius 1 is 1.29 bits per heavy atom. The normalized spacial score (nSPS) is 10.9. The maximum atomic E-state index is 11.8. The molecule has 0 aliphatic rings. The lowest BCUT2D eigenvalue weighted by atomic mass is 10.2. The van der Waals surface area contributed by atoms with Gasteiger partial charge in [0.2, 0.25) is 5.88 Å². The van der Waals surface area contributed by atoms with Gasteiger partial charge in [-0.25, -0.2) is 15.4 Å². The van der Waals surface area contributed by atoms with E-state index in [-0.39, 0.29) is 12.5 Å². The molecule has 0 radical (unpaired) electrons. The molecule has 2 heterocycles. The average Bonchev–Trinajstić information content (AvgIpc) is 3.10. The number of methoxy groups -OCH3 is 1. The number of aromatic nitrogens is 2. The summed E-state index contributed by atoms with van der Waals surface area (Å²) in [4.78, 5) is 20.7. The number of benzene rings is 1. The molecule has 2 aromatic heterocycles. The maximum absolute atomic E-state index is 11.8. The fraction of sp³-hybridized carbons (Fsp3) is 0.125. The summed E-state index contributed by atoms with van der Waals surface area (Å²) in [7, 11) is 1.60. The lowest BCUT2D eigenvalue weighted by Gasteiger charge is -2.04. The molecule has 0 atom stereocenters. The van der Waals surface area contributed by atoms with Crippen LogP contribution in [-0.2, 0) is 4.79 Å². The molecule has 0 fully saturated rings. The van der Waals surface area contributed by atoms with Gasteiger partial charge in [0, 0.05) is 0 Å². The van der Waals surface area contributed by atoms with E-state index in [0.717, 1.165) is 21.5 Å². The van der Waals surface area contributed by atoms with Crippen molar-refractivity contribution in [2.75, 3.05) is 13.7 Å². The van der Waals surface area contributed by atoms with E-state index < -0.39 is 0 Å². The lowest BCUT2D eigenvalue weighted by Crippen LogP contribution is -2.24. The van der Waals surface area contributed by atoms with Crippen LogP contribution < -0.4 is 14.9 Å². The maximum Gasteiger partial charge on any atom is 0.278 e. The Hall–Kier alpha value is -3.00. The predicted molar refractivity (Wildman–Crippen MR) is 91.6 cm³/mol. The quantitative estimate of drug-likeness (QED) is 0.548. The first-order chi connectivity index (χ1) is 11.8. The number of hydrazone groups is 1. The molecule has 3 rings (SSSR count). The van der Waals surface area contributed by atoms with Gasteiger partial charge in [0.05, 0.1) is 18.7 Å². The van der Waals surface area contributed by atoms with Crippen molar-refractivity contribution in [2.45, 2.75) is 0 Å². The average molecular weight is 342 g/mol. The summed E-state index contributed by atoms with van der Waals surface area (Å²) in [5.41, 5.74) is 3.25. The standard InChI is InChI=1S/C16H14N4O3S/c1-22-12-4-2-11(3-5-12)8-19-20-14(21)9-23-15-13-6-7-24-16(13)18-10-17-15/h2-8,10H,9H2,1H3,(H,20,21)/b19-8+. The Morgan fingerprint density at radius 2 is 2.12 bits per heavy atom. The molecule has 0 unspecified atom stereocenters. The number of nitrogens with one attached hydrogen (secondary N) is 1. The summed E-state index contributed by atoms with van der Waals surface area (Å²) in [5, 5.41) is 6.57. The minimum Gasteiger partial charge on any atom is -0.497 e. The van der Waals surface area contributed by atoms with Crippen LogP contribution >= 0.6 is 11.3 Å². The zero-order chi connectivity index (χ0) is 16.8. The van der Waals surface area contributed by atoms with Crippen LogP contribution in [0.25, 0.3) is 10.2 Å². The summed E-state index contributed by atoms with van der Waals surface area (Å²) in [5.74, 6) is 0.770. The molecule has 0 aliphatic heterocycles. The van der Waals surface area contributed by atoms with E-state index in [0.29, 0.717) is 5.88 Å². The third kappa shape index (κ3) is 3.85. The number of hydrogen-bond acceptors (Lipinski definition) is 7. The second-order valence-electron chi connectivity index (χ2n) is 4.67. The van der Waals surface area contributed by atoms with Crippen molar-refractivity contribution in [3.8, 4) is 11.6 Å². The summed E-state index contributed by atoms with van der Waals surface area (Å²) < 4.78 is 10.5.